The summed E-state index contributed by atoms with van der Waals surface area (Å²) >= 11 is 0. The Morgan fingerprint density at radius 3 is 2.48 bits per heavy atom. The number of fused-ring (bicyclic) bond motifs is 1. The molecule has 9 heteroatoms. The van der Waals surface area contributed by atoms with Gasteiger partial charge in [-0.1, -0.05) is 12.1 Å². The fourth-order valence-corrected chi connectivity index (χ4v) is 2.70. The van der Waals surface area contributed by atoms with Gasteiger partial charge in [-0.2, -0.15) is 0 Å². The number of carbonyl (C=O) groups is 3. The molecule has 29 heavy (non-hydrogen) atoms. The summed E-state index contributed by atoms with van der Waals surface area (Å²) in [6.45, 7) is 1.19. The summed E-state index contributed by atoms with van der Waals surface area (Å²) in [7, 11) is 1.54. The zero-order chi connectivity index (χ0) is 20.8. The van der Waals surface area contributed by atoms with Crippen molar-refractivity contribution in [2.24, 2.45) is 0 Å². The van der Waals surface area contributed by atoms with Gasteiger partial charge in [0.25, 0.3) is 5.91 Å². The van der Waals surface area contributed by atoms with Gasteiger partial charge in [-0.25, -0.2) is 0 Å². The lowest BCUT2D eigenvalue weighted by molar-refractivity contribution is -0.127. The number of benzene rings is 2. The molecule has 1 atom stereocenters. The molecule has 0 spiro atoms. The van der Waals surface area contributed by atoms with Crippen LogP contribution in [0.1, 0.15) is 18.5 Å². The van der Waals surface area contributed by atoms with Crippen molar-refractivity contribution < 1.29 is 28.6 Å². The smallest absolute Gasteiger partial charge is 0.251 e. The Morgan fingerprint density at radius 2 is 1.79 bits per heavy atom. The van der Waals surface area contributed by atoms with E-state index >= 15 is 0 Å². The lowest BCUT2D eigenvalue weighted by Gasteiger charge is -2.19. The number of nitrogens with one attached hydrogen (secondary N) is 3. The zero-order valence-corrected chi connectivity index (χ0v) is 16.0. The topological polar surface area (TPSA) is 115 Å². The SMILES string of the molecule is COc1ccc([C@@H](NC(=O)CNC(C)=O)C(=O)Nc2ccc3c(c2)OCO3)cc1. The fourth-order valence-electron chi connectivity index (χ4n) is 2.70. The predicted molar refractivity (Wildman–Crippen MR) is 104 cm³/mol. The molecule has 2 aromatic carbocycles. The van der Waals surface area contributed by atoms with E-state index in [0.29, 0.717) is 28.5 Å². The summed E-state index contributed by atoms with van der Waals surface area (Å²) in [5.41, 5.74) is 1.05. The van der Waals surface area contributed by atoms with E-state index < -0.39 is 17.9 Å². The largest absolute Gasteiger partial charge is 0.497 e. The standard InChI is InChI=1S/C20H21N3O6/c1-12(24)21-10-18(25)23-19(13-3-6-15(27-2)7-4-13)20(26)22-14-5-8-16-17(9-14)29-11-28-16/h3-9,19H,10-11H2,1-2H3,(H,21,24)(H,22,26)(H,23,25)/t19-/m1/s1. The van der Waals surface area contributed by atoms with Crippen LogP contribution in [-0.2, 0) is 14.4 Å². The van der Waals surface area contributed by atoms with Gasteiger partial charge in [-0.3, -0.25) is 14.4 Å². The van der Waals surface area contributed by atoms with Crippen LogP contribution in [0, 0.1) is 0 Å². The molecule has 0 aliphatic carbocycles. The Hall–Kier alpha value is -3.75. The third-order valence-electron chi connectivity index (χ3n) is 4.15. The highest BCUT2D eigenvalue weighted by Crippen LogP contribution is 2.34. The molecule has 0 radical (unpaired) electrons. The molecule has 3 N–H and O–H groups in total. The Labute approximate surface area is 167 Å². The fraction of sp³-hybridized carbons (Fsp3) is 0.250. The first-order chi connectivity index (χ1) is 14.0. The van der Waals surface area contributed by atoms with E-state index in [1.807, 2.05) is 0 Å². The Kier molecular flexibility index (Phi) is 6.18. The van der Waals surface area contributed by atoms with Gasteiger partial charge in [0.05, 0.1) is 13.7 Å². The van der Waals surface area contributed by atoms with Crippen LogP contribution in [-0.4, -0.2) is 38.2 Å². The van der Waals surface area contributed by atoms with Crippen LogP contribution in [0.3, 0.4) is 0 Å². The number of carbonyl (C=O) groups excluding carboxylic acids is 3. The number of rotatable bonds is 7. The Bertz CT molecular complexity index is 913. The number of ether oxygens (including phenoxy) is 3. The van der Waals surface area contributed by atoms with E-state index in [1.54, 1.807) is 42.5 Å². The summed E-state index contributed by atoms with van der Waals surface area (Å²) in [6.07, 6.45) is 0. The van der Waals surface area contributed by atoms with Gasteiger partial charge >= 0.3 is 0 Å². The minimum Gasteiger partial charge on any atom is -0.497 e. The maximum absolute atomic E-state index is 12.9. The highest BCUT2D eigenvalue weighted by Gasteiger charge is 2.24. The number of hydrogen-bond acceptors (Lipinski definition) is 6. The van der Waals surface area contributed by atoms with Crippen LogP contribution < -0.4 is 30.2 Å². The molecule has 1 aliphatic heterocycles. The lowest BCUT2D eigenvalue weighted by atomic mass is 10.1. The molecule has 0 aromatic heterocycles. The number of methoxy groups -OCH3 is 1. The average molecular weight is 399 g/mol. The maximum atomic E-state index is 12.9. The van der Waals surface area contributed by atoms with Crippen LogP contribution in [0.2, 0.25) is 0 Å². The quantitative estimate of drug-likeness (QED) is 0.648. The molecule has 0 saturated heterocycles. The summed E-state index contributed by atoms with van der Waals surface area (Å²) in [5, 5.41) is 7.80. The molecule has 3 rings (SSSR count). The van der Waals surface area contributed by atoms with E-state index in [-0.39, 0.29) is 19.2 Å². The Balaban J connectivity index is 1.77. The van der Waals surface area contributed by atoms with Gasteiger partial charge in [0.15, 0.2) is 11.5 Å². The molecule has 9 nitrogen and oxygen atoms in total. The van der Waals surface area contributed by atoms with Crippen LogP contribution in [0.25, 0.3) is 0 Å². The van der Waals surface area contributed by atoms with Crippen molar-refractivity contribution in [3.8, 4) is 17.2 Å². The van der Waals surface area contributed by atoms with Crippen LogP contribution in [0.15, 0.2) is 42.5 Å². The van der Waals surface area contributed by atoms with Crippen molar-refractivity contribution >= 4 is 23.4 Å². The molecule has 152 valence electrons. The van der Waals surface area contributed by atoms with Gasteiger partial charge in [0.1, 0.15) is 11.8 Å². The zero-order valence-electron chi connectivity index (χ0n) is 16.0. The van der Waals surface area contributed by atoms with Crippen molar-refractivity contribution in [1.29, 1.82) is 0 Å². The second-order valence-corrected chi connectivity index (χ2v) is 6.24. The molecular weight excluding hydrogens is 378 g/mol. The first-order valence-corrected chi connectivity index (χ1v) is 8.84. The van der Waals surface area contributed by atoms with Crippen LogP contribution in [0.4, 0.5) is 5.69 Å². The van der Waals surface area contributed by atoms with E-state index in [0.717, 1.165) is 0 Å². The van der Waals surface area contributed by atoms with E-state index in [2.05, 4.69) is 16.0 Å². The molecule has 2 aromatic rings. The van der Waals surface area contributed by atoms with Crippen LogP contribution >= 0.6 is 0 Å². The van der Waals surface area contributed by atoms with Gasteiger partial charge in [-0.05, 0) is 29.8 Å². The number of anilines is 1. The molecule has 3 amide bonds. The second kappa shape index (κ2) is 8.96. The maximum Gasteiger partial charge on any atom is 0.251 e. The first-order valence-electron chi connectivity index (χ1n) is 8.84. The highest BCUT2D eigenvalue weighted by atomic mass is 16.7. The molecule has 0 unspecified atom stereocenters. The third kappa shape index (κ3) is 5.16. The summed E-state index contributed by atoms with van der Waals surface area (Å²) in [5.74, 6) is 0.447. The monoisotopic (exact) mass is 399 g/mol. The number of amides is 3. The van der Waals surface area contributed by atoms with Crippen molar-refractivity contribution in [3.63, 3.8) is 0 Å². The lowest BCUT2D eigenvalue weighted by Crippen LogP contribution is -2.42. The van der Waals surface area contributed by atoms with Crippen molar-refractivity contribution in [2.75, 3.05) is 25.8 Å². The van der Waals surface area contributed by atoms with Gasteiger partial charge in [-0.15, -0.1) is 0 Å². The number of hydrogen-bond donors (Lipinski definition) is 3. The highest BCUT2D eigenvalue weighted by molar-refractivity contribution is 5.98. The van der Waals surface area contributed by atoms with Crippen molar-refractivity contribution in [1.82, 2.24) is 10.6 Å². The molecule has 1 aliphatic rings. The molecule has 1 heterocycles. The van der Waals surface area contributed by atoms with Gasteiger partial charge < -0.3 is 30.2 Å². The minimum atomic E-state index is -0.979. The van der Waals surface area contributed by atoms with Gasteiger partial charge in [0, 0.05) is 18.7 Å². The second-order valence-electron chi connectivity index (χ2n) is 6.24. The minimum absolute atomic E-state index is 0.125. The van der Waals surface area contributed by atoms with Crippen LogP contribution in [0.5, 0.6) is 17.2 Å². The first kappa shape index (κ1) is 20.0. The van der Waals surface area contributed by atoms with Crippen molar-refractivity contribution in [2.45, 2.75) is 13.0 Å². The van der Waals surface area contributed by atoms with E-state index in [1.165, 1.54) is 14.0 Å². The molecule has 0 saturated carbocycles. The summed E-state index contributed by atoms with van der Waals surface area (Å²) < 4.78 is 15.7. The molecule has 0 fully saturated rings. The summed E-state index contributed by atoms with van der Waals surface area (Å²) in [4.78, 5) is 36.2. The van der Waals surface area contributed by atoms with Crippen molar-refractivity contribution in [3.05, 3.63) is 48.0 Å². The normalized spacial score (nSPS) is 12.6. The molecule has 0 bridgehead atoms. The van der Waals surface area contributed by atoms with Gasteiger partial charge in [0.2, 0.25) is 18.6 Å². The average Bonchev–Trinajstić information content (AvgIpc) is 3.18. The predicted octanol–water partition coefficient (Wildman–Crippen LogP) is 1.36. The third-order valence-corrected chi connectivity index (χ3v) is 4.15. The van der Waals surface area contributed by atoms with E-state index in [4.69, 9.17) is 14.2 Å². The summed E-state index contributed by atoms with van der Waals surface area (Å²) in [6, 6.07) is 10.8. The molecular formula is C20H21N3O6. The Morgan fingerprint density at radius 1 is 1.07 bits per heavy atom. The van der Waals surface area contributed by atoms with E-state index in [9.17, 15) is 14.4 Å².